The van der Waals surface area contributed by atoms with E-state index in [4.69, 9.17) is 4.98 Å². The standard InChI is InChI=1S/C31H32N4O2/c1-4-30(36)32-24-14-12-23(13-15-24)29-19-27(26-10-5-6-11-28(26)33-29)31(37)34-16-17-35(22(3)20-34)25-9-7-8-21(2)18-25/h5-15,18-19,22H,4,16-17,20H2,1-3H3,(H,32,36)/t22-/m0/s1. The number of carbonyl (C=O) groups excluding carboxylic acids is 2. The second-order valence-electron chi connectivity index (χ2n) is 9.68. The fourth-order valence-corrected chi connectivity index (χ4v) is 4.98. The van der Waals surface area contributed by atoms with Gasteiger partial charge in [-0.25, -0.2) is 4.98 Å². The van der Waals surface area contributed by atoms with Crippen molar-refractivity contribution in [2.75, 3.05) is 29.9 Å². The quantitative estimate of drug-likeness (QED) is 0.376. The van der Waals surface area contributed by atoms with Gasteiger partial charge in [0.25, 0.3) is 5.91 Å². The molecule has 6 heteroatoms. The maximum atomic E-state index is 13.9. The van der Waals surface area contributed by atoms with Gasteiger partial charge in [-0.3, -0.25) is 9.59 Å². The molecule has 4 aromatic rings. The molecule has 0 bridgehead atoms. The van der Waals surface area contributed by atoms with Gasteiger partial charge in [-0.1, -0.05) is 49.4 Å². The number of aromatic nitrogens is 1. The van der Waals surface area contributed by atoms with Crippen LogP contribution in [0.2, 0.25) is 0 Å². The summed E-state index contributed by atoms with van der Waals surface area (Å²) in [6.07, 6.45) is 0.428. The molecule has 5 rings (SSSR count). The molecule has 1 aliphatic heterocycles. The van der Waals surface area contributed by atoms with Gasteiger partial charge in [0.15, 0.2) is 0 Å². The zero-order valence-corrected chi connectivity index (χ0v) is 21.6. The van der Waals surface area contributed by atoms with Crippen molar-refractivity contribution in [1.82, 2.24) is 9.88 Å². The first kappa shape index (κ1) is 24.5. The molecule has 0 aliphatic carbocycles. The topological polar surface area (TPSA) is 65.5 Å². The van der Waals surface area contributed by atoms with E-state index in [2.05, 4.69) is 48.3 Å². The largest absolute Gasteiger partial charge is 0.365 e. The number of fused-ring (bicyclic) bond motifs is 1. The minimum Gasteiger partial charge on any atom is -0.365 e. The van der Waals surface area contributed by atoms with Crippen LogP contribution >= 0.6 is 0 Å². The zero-order chi connectivity index (χ0) is 25.9. The molecule has 0 unspecified atom stereocenters. The maximum absolute atomic E-state index is 13.9. The van der Waals surface area contributed by atoms with Crippen molar-refractivity contribution in [3.05, 3.63) is 90.0 Å². The molecule has 1 fully saturated rings. The van der Waals surface area contributed by atoms with Crippen molar-refractivity contribution in [3.8, 4) is 11.3 Å². The number of hydrogen-bond donors (Lipinski definition) is 1. The third-order valence-corrected chi connectivity index (χ3v) is 6.98. The first-order valence-corrected chi connectivity index (χ1v) is 12.9. The summed E-state index contributed by atoms with van der Waals surface area (Å²) in [5, 5.41) is 3.73. The monoisotopic (exact) mass is 492 g/mol. The van der Waals surface area contributed by atoms with Crippen LogP contribution in [0.1, 0.15) is 36.2 Å². The summed E-state index contributed by atoms with van der Waals surface area (Å²) in [7, 11) is 0. The Morgan fingerprint density at radius 2 is 1.76 bits per heavy atom. The number of nitrogens with zero attached hydrogens (tertiary/aromatic N) is 3. The highest BCUT2D eigenvalue weighted by atomic mass is 16.2. The molecule has 1 saturated heterocycles. The number of piperazine rings is 1. The highest BCUT2D eigenvalue weighted by molar-refractivity contribution is 6.07. The molecule has 1 atom stereocenters. The Balaban J connectivity index is 1.42. The molecule has 1 aromatic heterocycles. The van der Waals surface area contributed by atoms with Crippen LogP contribution in [0.3, 0.4) is 0 Å². The average Bonchev–Trinajstić information content (AvgIpc) is 2.92. The van der Waals surface area contributed by atoms with E-state index in [-0.39, 0.29) is 17.9 Å². The van der Waals surface area contributed by atoms with Gasteiger partial charge in [-0.05, 0) is 55.8 Å². The molecule has 37 heavy (non-hydrogen) atoms. The predicted octanol–water partition coefficient (Wildman–Crippen LogP) is 5.91. The molecule has 1 aliphatic rings. The van der Waals surface area contributed by atoms with E-state index in [1.54, 1.807) is 0 Å². The average molecular weight is 493 g/mol. The van der Waals surface area contributed by atoms with Gasteiger partial charge in [0.1, 0.15) is 0 Å². The Kier molecular flexibility index (Phi) is 6.91. The fourth-order valence-electron chi connectivity index (χ4n) is 4.98. The van der Waals surface area contributed by atoms with Gasteiger partial charge in [-0.2, -0.15) is 0 Å². The van der Waals surface area contributed by atoms with Crippen LogP contribution in [-0.2, 0) is 4.79 Å². The summed E-state index contributed by atoms with van der Waals surface area (Å²) in [5.74, 6) is 0.00334. The van der Waals surface area contributed by atoms with Crippen LogP contribution in [0.25, 0.3) is 22.2 Å². The smallest absolute Gasteiger partial charge is 0.254 e. The minimum absolute atomic E-state index is 0.0267. The van der Waals surface area contributed by atoms with E-state index < -0.39 is 0 Å². The molecule has 6 nitrogen and oxygen atoms in total. The zero-order valence-electron chi connectivity index (χ0n) is 21.6. The predicted molar refractivity (Wildman–Crippen MR) is 150 cm³/mol. The number of carbonyl (C=O) groups is 2. The van der Waals surface area contributed by atoms with Gasteiger partial charge in [-0.15, -0.1) is 0 Å². The van der Waals surface area contributed by atoms with E-state index in [0.717, 1.165) is 34.4 Å². The first-order chi connectivity index (χ1) is 17.9. The number of hydrogen-bond acceptors (Lipinski definition) is 4. The van der Waals surface area contributed by atoms with Crippen molar-refractivity contribution in [1.29, 1.82) is 0 Å². The number of amides is 2. The van der Waals surface area contributed by atoms with Crippen molar-refractivity contribution < 1.29 is 9.59 Å². The summed E-state index contributed by atoms with van der Waals surface area (Å²) >= 11 is 0. The SMILES string of the molecule is CCC(=O)Nc1ccc(-c2cc(C(=O)N3CCN(c4cccc(C)c4)[C@@H](C)C3)c3ccccc3n2)cc1. The number of nitrogens with one attached hydrogen (secondary N) is 1. The first-order valence-electron chi connectivity index (χ1n) is 12.9. The highest BCUT2D eigenvalue weighted by Crippen LogP contribution is 2.28. The summed E-state index contributed by atoms with van der Waals surface area (Å²) in [6.45, 7) is 8.21. The second-order valence-corrected chi connectivity index (χ2v) is 9.68. The van der Waals surface area contributed by atoms with Crippen LogP contribution in [0, 0.1) is 6.92 Å². The van der Waals surface area contributed by atoms with Crippen molar-refractivity contribution >= 4 is 34.1 Å². The summed E-state index contributed by atoms with van der Waals surface area (Å²) in [6, 6.07) is 26.1. The minimum atomic E-state index is -0.0267. The van der Waals surface area contributed by atoms with E-state index in [0.29, 0.717) is 25.1 Å². The third-order valence-electron chi connectivity index (χ3n) is 6.98. The van der Waals surface area contributed by atoms with Crippen LogP contribution in [-0.4, -0.2) is 47.4 Å². The molecule has 188 valence electrons. The number of para-hydroxylation sites is 1. The summed E-state index contributed by atoms with van der Waals surface area (Å²) in [4.78, 5) is 34.8. The highest BCUT2D eigenvalue weighted by Gasteiger charge is 2.28. The summed E-state index contributed by atoms with van der Waals surface area (Å²) < 4.78 is 0. The molecule has 3 aromatic carbocycles. The number of aryl methyl sites for hydroxylation is 1. The van der Waals surface area contributed by atoms with E-state index in [1.165, 1.54) is 11.3 Å². The Hall–Kier alpha value is -4.19. The van der Waals surface area contributed by atoms with Crippen LogP contribution in [0.4, 0.5) is 11.4 Å². The lowest BCUT2D eigenvalue weighted by Gasteiger charge is -2.41. The van der Waals surface area contributed by atoms with Crippen LogP contribution in [0.15, 0.2) is 78.9 Å². The van der Waals surface area contributed by atoms with E-state index in [1.807, 2.05) is 66.4 Å². The molecule has 0 spiro atoms. The molecule has 0 saturated carbocycles. The lowest BCUT2D eigenvalue weighted by molar-refractivity contribution is -0.115. The van der Waals surface area contributed by atoms with Crippen molar-refractivity contribution in [2.24, 2.45) is 0 Å². The number of anilines is 2. The van der Waals surface area contributed by atoms with Gasteiger partial charge < -0.3 is 15.1 Å². The summed E-state index contributed by atoms with van der Waals surface area (Å²) in [5.41, 5.74) is 6.27. The third kappa shape index (κ3) is 5.19. The lowest BCUT2D eigenvalue weighted by Crippen LogP contribution is -2.53. The normalized spacial score (nSPS) is 15.6. The van der Waals surface area contributed by atoms with Crippen LogP contribution < -0.4 is 10.2 Å². The van der Waals surface area contributed by atoms with Gasteiger partial charge in [0, 0.05) is 54.4 Å². The van der Waals surface area contributed by atoms with Crippen molar-refractivity contribution in [3.63, 3.8) is 0 Å². The molecular formula is C31H32N4O2. The lowest BCUT2D eigenvalue weighted by atomic mass is 10.0. The molecule has 0 radical (unpaired) electrons. The Morgan fingerprint density at radius 3 is 2.49 bits per heavy atom. The maximum Gasteiger partial charge on any atom is 0.254 e. The number of benzene rings is 3. The molecule has 1 N–H and O–H groups in total. The van der Waals surface area contributed by atoms with Crippen molar-refractivity contribution in [2.45, 2.75) is 33.2 Å². The second kappa shape index (κ2) is 10.4. The molecule has 2 amide bonds. The number of pyridine rings is 1. The molecular weight excluding hydrogens is 460 g/mol. The van der Waals surface area contributed by atoms with E-state index in [9.17, 15) is 9.59 Å². The Labute approximate surface area is 217 Å². The van der Waals surface area contributed by atoms with Crippen LogP contribution in [0.5, 0.6) is 0 Å². The Morgan fingerprint density at radius 1 is 0.973 bits per heavy atom. The Bertz CT molecular complexity index is 1450. The number of rotatable bonds is 5. The van der Waals surface area contributed by atoms with Gasteiger partial charge in [0.2, 0.25) is 5.91 Å². The fraction of sp³-hybridized carbons (Fsp3) is 0.258. The van der Waals surface area contributed by atoms with E-state index >= 15 is 0 Å². The van der Waals surface area contributed by atoms with Gasteiger partial charge in [0.05, 0.1) is 16.8 Å². The molecule has 2 heterocycles. The van der Waals surface area contributed by atoms with Gasteiger partial charge >= 0.3 is 0 Å².